The number of anilines is 1. The van der Waals surface area contributed by atoms with Crippen LogP contribution in [0.5, 0.6) is 11.5 Å². The van der Waals surface area contributed by atoms with Crippen molar-refractivity contribution in [2.45, 2.75) is 30.8 Å². The molecule has 154 valence electrons. The zero-order chi connectivity index (χ0) is 21.0. The number of benzene rings is 1. The molecule has 1 amide bonds. The molecule has 0 unspecified atom stereocenters. The molecule has 8 heteroatoms. The monoisotopic (exact) mass is 415 g/mol. The van der Waals surface area contributed by atoms with Gasteiger partial charge in [0.25, 0.3) is 5.56 Å². The molecule has 1 atom stereocenters. The number of rotatable bonds is 8. The van der Waals surface area contributed by atoms with Crippen LogP contribution in [0.15, 0.2) is 40.8 Å². The van der Waals surface area contributed by atoms with Crippen molar-refractivity contribution in [1.82, 2.24) is 9.55 Å². The summed E-state index contributed by atoms with van der Waals surface area (Å²) in [4.78, 5) is 29.8. The van der Waals surface area contributed by atoms with Crippen molar-refractivity contribution in [2.75, 3.05) is 24.8 Å². The summed E-state index contributed by atoms with van der Waals surface area (Å²) in [5.74, 6) is 1.60. The zero-order valence-electron chi connectivity index (χ0n) is 16.9. The quantitative estimate of drug-likeness (QED) is 0.405. The smallest absolute Gasteiger partial charge is 0.279 e. The highest BCUT2D eigenvalue weighted by Crippen LogP contribution is 2.43. The Bertz CT molecular complexity index is 987. The molecule has 0 bridgehead atoms. The normalized spacial score (nSPS) is 15.4. The maximum absolute atomic E-state index is 13.0. The maximum atomic E-state index is 13.0. The highest BCUT2D eigenvalue weighted by Gasteiger charge is 2.34. The van der Waals surface area contributed by atoms with Crippen LogP contribution in [0.2, 0.25) is 0 Å². The van der Waals surface area contributed by atoms with Crippen LogP contribution in [0.25, 0.3) is 0 Å². The fourth-order valence-electron chi connectivity index (χ4n) is 3.39. The fourth-order valence-corrected chi connectivity index (χ4v) is 4.09. The van der Waals surface area contributed by atoms with Gasteiger partial charge in [0.05, 0.1) is 19.3 Å². The third-order valence-electron chi connectivity index (χ3n) is 4.69. The number of aromatic nitrogens is 2. The van der Waals surface area contributed by atoms with Crippen molar-refractivity contribution in [3.8, 4) is 11.5 Å². The Morgan fingerprint density at radius 1 is 1.41 bits per heavy atom. The minimum Gasteiger partial charge on any atom is -0.493 e. The molecule has 7 nitrogen and oxygen atoms in total. The van der Waals surface area contributed by atoms with Gasteiger partial charge >= 0.3 is 0 Å². The summed E-state index contributed by atoms with van der Waals surface area (Å²) in [6, 6.07) is 5.52. The number of carbonyl (C=O) groups is 1. The highest BCUT2D eigenvalue weighted by molar-refractivity contribution is 7.99. The van der Waals surface area contributed by atoms with Crippen LogP contribution in [-0.2, 0) is 11.8 Å². The molecule has 0 radical (unpaired) electrons. The van der Waals surface area contributed by atoms with E-state index in [2.05, 4.69) is 16.9 Å². The number of amides is 1. The summed E-state index contributed by atoms with van der Waals surface area (Å²) < 4.78 is 13.2. The average molecular weight is 416 g/mol. The highest BCUT2D eigenvalue weighted by atomic mass is 32.2. The van der Waals surface area contributed by atoms with Crippen LogP contribution in [0.4, 0.5) is 5.82 Å². The maximum Gasteiger partial charge on any atom is 0.279 e. The third kappa shape index (κ3) is 4.17. The Morgan fingerprint density at radius 3 is 2.90 bits per heavy atom. The van der Waals surface area contributed by atoms with E-state index in [4.69, 9.17) is 9.47 Å². The standard InChI is InChI=1S/C21H25N3O4S/c1-5-10-28-18-13(8-7-9-15(18)27-4)14-12-16(25)22-19-17(14)20(26)23-21(24(19)3)29-11-6-2/h6-9,14H,2,5,10-12H2,1,3-4H3,(H,22,25)/t14-/m0/s1. The van der Waals surface area contributed by atoms with Crippen molar-refractivity contribution in [1.29, 1.82) is 0 Å². The first-order chi connectivity index (χ1) is 14.0. The molecule has 1 aliphatic rings. The molecule has 2 aromatic rings. The summed E-state index contributed by atoms with van der Waals surface area (Å²) in [6.07, 6.45) is 2.70. The van der Waals surface area contributed by atoms with Crippen molar-refractivity contribution < 1.29 is 14.3 Å². The van der Waals surface area contributed by atoms with Crippen LogP contribution >= 0.6 is 11.8 Å². The van der Waals surface area contributed by atoms with Gasteiger partial charge in [-0.05, 0) is 12.5 Å². The second-order valence-corrected chi connectivity index (χ2v) is 7.64. The summed E-state index contributed by atoms with van der Waals surface area (Å²) in [6.45, 7) is 6.22. The number of fused-ring (bicyclic) bond motifs is 1. The van der Waals surface area contributed by atoms with Gasteiger partial charge in [0.2, 0.25) is 5.91 Å². The summed E-state index contributed by atoms with van der Waals surface area (Å²) in [5, 5.41) is 3.38. The second-order valence-electron chi connectivity index (χ2n) is 6.65. The van der Waals surface area contributed by atoms with Crippen LogP contribution < -0.4 is 20.3 Å². The van der Waals surface area contributed by atoms with E-state index in [0.29, 0.717) is 40.4 Å². The van der Waals surface area contributed by atoms with E-state index in [1.165, 1.54) is 11.8 Å². The molecular weight excluding hydrogens is 390 g/mol. The minimum absolute atomic E-state index is 0.138. The number of thioether (sulfide) groups is 1. The first-order valence-corrected chi connectivity index (χ1v) is 10.4. The van der Waals surface area contributed by atoms with E-state index in [9.17, 15) is 9.59 Å². The Morgan fingerprint density at radius 2 is 2.21 bits per heavy atom. The topological polar surface area (TPSA) is 82.5 Å². The SMILES string of the molecule is C=CCSc1nc(=O)c2c(n1C)NC(=O)C[C@H]2c1cccc(OC)c1OCCC. The fraction of sp³-hybridized carbons (Fsp3) is 0.381. The molecule has 0 saturated carbocycles. The largest absolute Gasteiger partial charge is 0.493 e. The van der Waals surface area contributed by atoms with E-state index in [-0.39, 0.29) is 17.9 Å². The first-order valence-electron chi connectivity index (χ1n) is 9.45. The van der Waals surface area contributed by atoms with Crippen molar-refractivity contribution >= 4 is 23.5 Å². The lowest BCUT2D eigenvalue weighted by Gasteiger charge is -2.29. The zero-order valence-corrected chi connectivity index (χ0v) is 17.7. The predicted molar refractivity (Wildman–Crippen MR) is 114 cm³/mol. The van der Waals surface area contributed by atoms with E-state index < -0.39 is 5.92 Å². The van der Waals surface area contributed by atoms with Crippen LogP contribution in [0.3, 0.4) is 0 Å². The molecular formula is C21H25N3O4S. The number of nitrogens with one attached hydrogen (secondary N) is 1. The molecule has 1 aromatic carbocycles. The molecule has 0 saturated heterocycles. The van der Waals surface area contributed by atoms with Gasteiger partial charge in [0.15, 0.2) is 16.7 Å². The number of nitrogens with zero attached hydrogens (tertiary/aromatic N) is 2. The number of para-hydroxylation sites is 1. The summed E-state index contributed by atoms with van der Waals surface area (Å²) in [7, 11) is 3.36. The molecule has 2 heterocycles. The number of hydrogen-bond acceptors (Lipinski definition) is 6. The van der Waals surface area contributed by atoms with Crippen molar-refractivity contribution in [3.05, 3.63) is 52.3 Å². The van der Waals surface area contributed by atoms with Crippen LogP contribution in [0.1, 0.15) is 36.8 Å². The van der Waals surface area contributed by atoms with Gasteiger partial charge in [-0.25, -0.2) is 0 Å². The Hall–Kier alpha value is -2.74. The molecule has 1 N–H and O–H groups in total. The first kappa shape index (κ1) is 21.0. The lowest BCUT2D eigenvalue weighted by Crippen LogP contribution is -2.33. The van der Waals surface area contributed by atoms with E-state index >= 15 is 0 Å². The van der Waals surface area contributed by atoms with Crippen LogP contribution in [-0.4, -0.2) is 34.9 Å². The van der Waals surface area contributed by atoms with Gasteiger partial charge in [0.1, 0.15) is 5.82 Å². The van der Waals surface area contributed by atoms with E-state index in [0.717, 1.165) is 12.0 Å². The van der Waals surface area contributed by atoms with Crippen LogP contribution in [0, 0.1) is 0 Å². The molecule has 1 aromatic heterocycles. The second kappa shape index (κ2) is 9.17. The number of hydrogen-bond donors (Lipinski definition) is 1. The number of carbonyl (C=O) groups excluding carboxylic acids is 1. The van der Waals surface area contributed by atoms with Gasteiger partial charge < -0.3 is 19.4 Å². The number of methoxy groups -OCH3 is 1. The molecule has 29 heavy (non-hydrogen) atoms. The average Bonchev–Trinajstić information content (AvgIpc) is 2.72. The van der Waals surface area contributed by atoms with E-state index in [1.54, 1.807) is 24.8 Å². The Labute approximate surface area is 174 Å². The number of ether oxygens (including phenoxy) is 2. The predicted octanol–water partition coefficient (Wildman–Crippen LogP) is 3.33. The van der Waals surface area contributed by atoms with Gasteiger partial charge in [-0.3, -0.25) is 9.59 Å². The van der Waals surface area contributed by atoms with E-state index in [1.807, 2.05) is 25.1 Å². The Balaban J connectivity index is 2.17. The molecule has 3 rings (SSSR count). The molecule has 0 spiro atoms. The molecule has 0 fully saturated rings. The van der Waals surface area contributed by atoms with Gasteiger partial charge in [0, 0.05) is 30.7 Å². The van der Waals surface area contributed by atoms with Crippen molar-refractivity contribution in [3.63, 3.8) is 0 Å². The minimum atomic E-state index is -0.467. The van der Waals surface area contributed by atoms with Gasteiger partial charge in [-0.15, -0.1) is 6.58 Å². The van der Waals surface area contributed by atoms with Gasteiger partial charge in [-0.1, -0.05) is 36.9 Å². The van der Waals surface area contributed by atoms with Crippen molar-refractivity contribution in [2.24, 2.45) is 7.05 Å². The summed E-state index contributed by atoms with van der Waals surface area (Å²) in [5.41, 5.74) is 0.864. The Kier molecular flexibility index (Phi) is 6.64. The lowest BCUT2D eigenvalue weighted by atomic mass is 9.86. The lowest BCUT2D eigenvalue weighted by molar-refractivity contribution is -0.116. The third-order valence-corrected chi connectivity index (χ3v) is 5.71. The molecule has 1 aliphatic heterocycles. The summed E-state index contributed by atoms with van der Waals surface area (Å²) >= 11 is 1.39. The molecule has 0 aliphatic carbocycles. The van der Waals surface area contributed by atoms with Gasteiger partial charge in [-0.2, -0.15) is 4.98 Å².